The third-order valence-corrected chi connectivity index (χ3v) is 17.5. The van der Waals surface area contributed by atoms with Crippen molar-refractivity contribution in [2.45, 2.75) is 224 Å². The number of benzene rings is 1. The lowest BCUT2D eigenvalue weighted by molar-refractivity contribution is -0.159. The van der Waals surface area contributed by atoms with Gasteiger partial charge in [-0.05, 0) is 63.5 Å². The molecule has 1 saturated heterocycles. The van der Waals surface area contributed by atoms with Crippen LogP contribution in [0.3, 0.4) is 0 Å². The van der Waals surface area contributed by atoms with Crippen molar-refractivity contribution in [2.24, 2.45) is 11.8 Å². The number of nitrogens with one attached hydrogen (secondary N) is 13. The van der Waals surface area contributed by atoms with Crippen molar-refractivity contribution >= 4 is 124 Å². The number of nitrogens with zero attached hydrogens (tertiary/aromatic N) is 1. The van der Waals surface area contributed by atoms with Gasteiger partial charge in [-0.1, -0.05) is 84.4 Å². The summed E-state index contributed by atoms with van der Waals surface area (Å²) in [4.78, 5) is 259. The molecular formula is C68H100N14O26. The molecule has 3 rings (SSSR count). The lowest BCUT2D eigenvalue weighted by Crippen LogP contribution is -2.61. The van der Waals surface area contributed by atoms with Gasteiger partial charge in [-0.15, -0.1) is 0 Å². The number of aliphatic hydroxyl groups is 1. The molecule has 1 aliphatic rings. The number of para-hydroxylation sites is 1. The molecule has 1 aliphatic heterocycles. The number of fused-ring (bicyclic) bond motifs is 1. The molecule has 2 aromatic rings. The van der Waals surface area contributed by atoms with E-state index in [1.165, 1.54) is 13.8 Å². The largest absolute Gasteiger partial charge is 0.481 e. The number of hydrogen-bond acceptors (Lipinski definition) is 21. The van der Waals surface area contributed by atoms with Gasteiger partial charge in [-0.2, -0.15) is 0 Å². The van der Waals surface area contributed by atoms with Crippen LogP contribution in [0.2, 0.25) is 0 Å². The zero-order valence-corrected chi connectivity index (χ0v) is 61.2. The van der Waals surface area contributed by atoms with E-state index in [0.717, 1.165) is 53.5 Å². The molecular weight excluding hydrogens is 1430 g/mol. The molecule has 108 heavy (non-hydrogen) atoms. The highest BCUT2D eigenvalue weighted by Gasteiger charge is 2.41. The van der Waals surface area contributed by atoms with Gasteiger partial charge in [-0.3, -0.25) is 86.3 Å². The predicted molar refractivity (Wildman–Crippen MR) is 375 cm³/mol. The number of likely N-dealkylation sites (N-methyl/N-ethyl adjacent to an activating group) is 1. The van der Waals surface area contributed by atoms with Crippen molar-refractivity contribution in [3.05, 3.63) is 36.0 Å². The van der Waals surface area contributed by atoms with E-state index >= 15 is 0 Å². The number of amides is 13. The number of aromatic nitrogens is 1. The Morgan fingerprint density at radius 2 is 1.13 bits per heavy atom. The fourth-order valence-corrected chi connectivity index (χ4v) is 10.8. The van der Waals surface area contributed by atoms with Gasteiger partial charge >= 0.3 is 35.8 Å². The van der Waals surface area contributed by atoms with Gasteiger partial charge < -0.3 is 109 Å². The Labute approximate surface area is 620 Å². The zero-order valence-electron chi connectivity index (χ0n) is 61.2. The molecule has 13 amide bonds. The first-order valence-electron chi connectivity index (χ1n) is 35.1. The van der Waals surface area contributed by atoms with Crippen LogP contribution in [-0.2, 0) is 102 Å². The number of carboxylic acid groups (broad SMARTS) is 5. The minimum absolute atomic E-state index is 0.00133. The summed E-state index contributed by atoms with van der Waals surface area (Å²) in [6, 6.07) is -14.2. The number of aromatic amines is 1. The number of hydrogen-bond donors (Lipinski definition) is 19. The van der Waals surface area contributed by atoms with Gasteiger partial charge in [0.15, 0.2) is 0 Å². The molecule has 1 fully saturated rings. The zero-order chi connectivity index (χ0) is 81.2. The highest BCUT2D eigenvalue weighted by Crippen LogP contribution is 2.21. The molecule has 0 radical (unpaired) electrons. The maximum absolute atomic E-state index is 14.8. The second-order valence-electron chi connectivity index (χ2n) is 26.3. The van der Waals surface area contributed by atoms with E-state index in [1.807, 2.05) is 16.0 Å². The van der Waals surface area contributed by atoms with Crippen molar-refractivity contribution in [1.29, 1.82) is 0 Å². The van der Waals surface area contributed by atoms with Gasteiger partial charge in [0.25, 0.3) is 0 Å². The quantitative estimate of drug-likeness (QED) is 0.0247. The van der Waals surface area contributed by atoms with Crippen LogP contribution in [-0.4, -0.2) is 252 Å². The second-order valence-corrected chi connectivity index (χ2v) is 26.3. The summed E-state index contributed by atoms with van der Waals surface area (Å²) in [7, 11) is 0.933. The number of aliphatic hydroxyl groups excluding tert-OH is 1. The summed E-state index contributed by atoms with van der Waals surface area (Å²) < 4.78 is 5.73. The van der Waals surface area contributed by atoms with E-state index in [9.17, 15) is 122 Å². The number of carboxylic acids is 5. The number of aliphatic carboxylic acids is 5. The number of cyclic esters (lactones) is 1. The van der Waals surface area contributed by atoms with E-state index in [2.05, 4.69) is 66.7 Å². The van der Waals surface area contributed by atoms with Crippen LogP contribution < -0.4 is 63.8 Å². The number of esters is 1. The van der Waals surface area contributed by atoms with E-state index in [4.69, 9.17) is 4.74 Å². The summed E-state index contributed by atoms with van der Waals surface area (Å²) in [5.74, 6) is -26.3. The van der Waals surface area contributed by atoms with Crippen LogP contribution in [0.25, 0.3) is 10.9 Å². The number of ether oxygens (including phenoxy) is 1. The molecule has 1 aromatic carbocycles. The lowest BCUT2D eigenvalue weighted by atomic mass is 9.98. The predicted octanol–water partition coefficient (Wildman–Crippen LogP) is -3.82. The van der Waals surface area contributed by atoms with E-state index in [-0.39, 0.29) is 19.3 Å². The summed E-state index contributed by atoms with van der Waals surface area (Å²) in [6.45, 7) is 6.73. The Bertz CT molecular complexity index is 3590. The number of H-pyrrole nitrogens is 1. The molecule has 1 aromatic heterocycles. The van der Waals surface area contributed by atoms with E-state index in [0.29, 0.717) is 40.1 Å². The fourth-order valence-electron chi connectivity index (χ4n) is 10.8. The molecule has 2 heterocycles. The van der Waals surface area contributed by atoms with Crippen molar-refractivity contribution < 1.29 is 126 Å². The minimum atomic E-state index is -2.29. The summed E-state index contributed by atoms with van der Waals surface area (Å²) in [6.07, 6.45) is -2.37. The smallest absolute Gasteiger partial charge is 0.329 e. The fraction of sp³-hybridized carbons (Fsp3) is 0.603. The van der Waals surface area contributed by atoms with Crippen molar-refractivity contribution in [2.75, 3.05) is 26.7 Å². The summed E-state index contributed by atoms with van der Waals surface area (Å²) in [5.41, 5.74) is 1.21. The van der Waals surface area contributed by atoms with Gasteiger partial charge in [0.1, 0.15) is 72.6 Å². The molecule has 598 valence electrons. The summed E-state index contributed by atoms with van der Waals surface area (Å²) in [5, 5.41) is 86.2. The first kappa shape index (κ1) is 90.9. The normalized spacial score (nSPS) is 22.3. The molecule has 0 spiro atoms. The third kappa shape index (κ3) is 31.4. The molecule has 19 N–H and O–H groups in total. The Morgan fingerprint density at radius 1 is 0.565 bits per heavy atom. The van der Waals surface area contributed by atoms with Crippen LogP contribution in [0.15, 0.2) is 30.5 Å². The minimum Gasteiger partial charge on any atom is -0.481 e. The Morgan fingerprint density at radius 3 is 1.72 bits per heavy atom. The van der Waals surface area contributed by atoms with Crippen LogP contribution in [0, 0.1) is 11.8 Å². The van der Waals surface area contributed by atoms with Crippen molar-refractivity contribution in [1.82, 2.24) is 73.7 Å². The molecule has 0 bridgehead atoms. The first-order valence-corrected chi connectivity index (χ1v) is 35.1. The molecule has 0 aliphatic carbocycles. The number of rotatable bonds is 32. The monoisotopic (exact) mass is 1530 g/mol. The van der Waals surface area contributed by atoms with Crippen LogP contribution in [0.4, 0.5) is 0 Å². The average Bonchev–Trinajstić information content (AvgIpc) is 1.55. The van der Waals surface area contributed by atoms with Crippen molar-refractivity contribution in [3.63, 3.8) is 0 Å². The van der Waals surface area contributed by atoms with E-state index < -0.39 is 256 Å². The lowest BCUT2D eigenvalue weighted by Gasteiger charge is -2.32. The molecule has 40 heteroatoms. The maximum atomic E-state index is 14.8. The van der Waals surface area contributed by atoms with Crippen LogP contribution >= 0.6 is 0 Å². The van der Waals surface area contributed by atoms with Gasteiger partial charge in [0.2, 0.25) is 76.8 Å². The molecule has 14 unspecified atom stereocenters. The first-order chi connectivity index (χ1) is 50.8. The Balaban J connectivity index is 2.17. The van der Waals surface area contributed by atoms with Gasteiger partial charge in [0.05, 0.1) is 39.0 Å². The molecule has 0 saturated carbocycles. The average molecular weight is 1530 g/mol. The second kappa shape index (κ2) is 45.2. The number of unbranched alkanes of at least 4 members (excludes halogenated alkanes) is 3. The van der Waals surface area contributed by atoms with Gasteiger partial charge in [-0.25, -0.2) is 4.79 Å². The SMILES string of the molecule is CCC(C)CCCCCCC(=O)NC(Cc1c[nH]c2ccccc12)C(=O)NC(CCC(=O)O)C(=O)NC(CC(=O)O)C(=O)NC1C(=O)N(C)CC(=O)NC(C)C(=O)NC(CC(=O)O)C(=O)NC(C)C(=O)NC(CC(=O)O)C(=O)NCC(=O)NC(CO)C(=O)NC(CCC(=O)O)C(=O)NC(C(C)CC)C(=O)OC1C. The standard InChI is InChI=1S/C68H100N14O26/c1-9-33(3)17-13-11-12-14-20-48(84)73-43(25-38-29-69-40-19-16-15-18-39(38)40)64(103)75-41(21-23-51(87)88)61(100)79-46(28-55(95)96)65(104)81-57-37(7)108-68(107)56(34(4)10-2)80-62(101)42(22-24-52(89)90)76-66(105)47(32-83)74-49(85)30-70-60(99)44(26-53(91)92)77-59(98)36(6)72-63(102)45(27-54(93)94)78-58(97)35(5)71-50(86)31-82(8)67(57)106/h15-16,18-19,29,33-37,41-47,56-57,69,83H,9-14,17,20-28,30-32H2,1-8H3,(H,70,99)(H,71,86)(H,72,102)(H,73,84)(H,74,85)(H,75,103)(H,76,105)(H,77,98)(H,78,97)(H,79,100)(H,80,101)(H,81,104)(H,87,88)(H,89,90)(H,91,92)(H,93,94)(H,95,96). The van der Waals surface area contributed by atoms with Crippen LogP contribution in [0.5, 0.6) is 0 Å². The third-order valence-electron chi connectivity index (χ3n) is 17.5. The Hall–Kier alpha value is -11.3. The molecule has 14 atom stereocenters. The Kier molecular flexibility index (Phi) is 38.0. The number of carbonyl (C=O) groups excluding carboxylic acids is 14. The topological polar surface area (TPSA) is 618 Å². The molecule has 40 nitrogen and oxygen atoms in total. The van der Waals surface area contributed by atoms with E-state index in [1.54, 1.807) is 30.5 Å². The highest BCUT2D eigenvalue weighted by atomic mass is 16.5. The summed E-state index contributed by atoms with van der Waals surface area (Å²) >= 11 is 0. The maximum Gasteiger partial charge on any atom is 0.329 e. The van der Waals surface area contributed by atoms with Crippen molar-refractivity contribution in [3.8, 4) is 0 Å². The highest BCUT2D eigenvalue weighted by molar-refractivity contribution is 6.01. The van der Waals surface area contributed by atoms with Crippen LogP contribution in [0.1, 0.15) is 150 Å². The van der Waals surface area contributed by atoms with Gasteiger partial charge in [0, 0.05) is 49.8 Å². The number of carbonyl (C=O) groups is 19.